The largest absolute Gasteiger partial charge is 0.441 e. The van der Waals surface area contributed by atoms with Crippen molar-refractivity contribution in [1.82, 2.24) is 24.6 Å². The molecule has 1 aliphatic carbocycles. The third kappa shape index (κ3) is 65.5. The summed E-state index contributed by atoms with van der Waals surface area (Å²) in [5.41, 5.74) is 3.35. The number of alkyl halides is 1. The number of aliphatic hydroxyl groups excluding tert-OH is 2. The number of fused-ring (bicyclic) bond motifs is 1. The Labute approximate surface area is 735 Å². The van der Waals surface area contributed by atoms with Gasteiger partial charge in [0.25, 0.3) is 0 Å². The van der Waals surface area contributed by atoms with Gasteiger partial charge in [-0.15, -0.1) is 10.2 Å². The molecule has 6 fully saturated rings. The molecule has 5 N–H and O–H groups in total. The molecule has 8 rings (SSSR count). The van der Waals surface area contributed by atoms with E-state index in [9.17, 15) is 19.1 Å². The molecule has 5 saturated heterocycles. The van der Waals surface area contributed by atoms with Crippen LogP contribution in [0.3, 0.4) is 0 Å². The Morgan fingerprint density at radius 1 is 0.508 bits per heavy atom. The third-order valence-electron chi connectivity index (χ3n) is 17.9. The minimum absolute atomic E-state index is 0.0192. The number of nitrogens with zero attached hydrogens (tertiary/aromatic N) is 5. The Hall–Kier alpha value is -5.07. The van der Waals surface area contributed by atoms with Gasteiger partial charge in [0.05, 0.1) is 71.4 Å². The van der Waals surface area contributed by atoms with E-state index in [1.54, 1.807) is 7.11 Å². The first-order chi connectivity index (χ1) is 54.2. The number of aromatic nitrogens is 3. The molecule has 0 unspecified atom stereocenters. The molecule has 0 aromatic carbocycles. The van der Waals surface area contributed by atoms with Crippen LogP contribution < -0.4 is 5.73 Å². The van der Waals surface area contributed by atoms with Crippen LogP contribution in [0.25, 0.3) is 0 Å². The number of methoxy groups -OCH3 is 1. The number of carbonyl (C=O) groups is 2. The smallest absolute Gasteiger partial charge is 0.307 e. The van der Waals surface area contributed by atoms with Crippen LogP contribution in [0.5, 0.6) is 0 Å². The zero-order chi connectivity index (χ0) is 93.4. The van der Waals surface area contributed by atoms with Gasteiger partial charge in [0, 0.05) is 97.2 Å². The molecule has 7 aliphatic rings. The Morgan fingerprint density at radius 3 is 1.28 bits per heavy atom. The number of hydrogen-bond donors (Lipinski definition) is 4. The van der Waals surface area contributed by atoms with Crippen molar-refractivity contribution < 1.29 is 62.5 Å². The Kier molecular flexibility index (Phi) is 50.8. The van der Waals surface area contributed by atoms with E-state index in [2.05, 4.69) is 283 Å². The van der Waals surface area contributed by atoms with E-state index in [4.69, 9.17) is 49.1 Å². The predicted octanol–water partition coefficient (Wildman–Crippen LogP) is 19.2. The van der Waals surface area contributed by atoms with Gasteiger partial charge in [-0.25, -0.2) is 4.39 Å². The SMILES string of the molecule is CC(C)(C)C#CC(C)(C)CO.CC(C)(C)C#CC1(C)COC1.CC(C)(C)C#CC1(F)COC1.CC(C)(C)C#CC1(O)CCC1.CC(C)(C)C#CC1(OC(=O)CCCCN2CCOCC2)COC1.CC(C)(C)CCC(N)=O.CC(C)(C)CCCO.CC(C)CCC(C)(C)C.COC1(C#CC(C)(C)C)COC1.Cc1nnc2n1CCN(CC(C)(C)C)C2. The lowest BCUT2D eigenvalue weighted by molar-refractivity contribution is -0.192. The molecule has 120 heavy (non-hydrogen) atoms. The number of aryl methyl sites for hydroxylation is 1. The van der Waals surface area contributed by atoms with E-state index in [-0.39, 0.29) is 86.0 Å². The van der Waals surface area contributed by atoms with E-state index >= 15 is 0 Å². The van der Waals surface area contributed by atoms with Crippen molar-refractivity contribution in [2.45, 2.75) is 362 Å². The van der Waals surface area contributed by atoms with Crippen LogP contribution in [-0.4, -0.2) is 193 Å². The minimum Gasteiger partial charge on any atom is -0.441 e. The lowest BCUT2D eigenvalue weighted by Crippen LogP contribution is -2.52. The van der Waals surface area contributed by atoms with Crippen LogP contribution in [0.15, 0.2) is 0 Å². The number of halogens is 1. The van der Waals surface area contributed by atoms with E-state index < -0.39 is 16.9 Å². The van der Waals surface area contributed by atoms with Crippen molar-refractivity contribution in [2.75, 3.05) is 119 Å². The number of unbranched alkanes of at least 4 members (excludes halogenated alkanes) is 1. The summed E-state index contributed by atoms with van der Waals surface area (Å²) in [5.74, 6) is 39.3. The molecule has 1 aromatic heterocycles. The summed E-state index contributed by atoms with van der Waals surface area (Å²) in [4.78, 5) is 27.2. The van der Waals surface area contributed by atoms with E-state index in [0.29, 0.717) is 62.1 Å². The van der Waals surface area contributed by atoms with Crippen LogP contribution in [-0.2, 0) is 55.8 Å². The number of morpholine rings is 1. The maximum absolute atomic E-state index is 13.1. The van der Waals surface area contributed by atoms with Gasteiger partial charge >= 0.3 is 5.97 Å². The zero-order valence-electron chi connectivity index (χ0n) is 83.7. The zero-order valence-corrected chi connectivity index (χ0v) is 83.7. The van der Waals surface area contributed by atoms with Crippen molar-refractivity contribution in [1.29, 1.82) is 0 Å². The average Bonchev–Trinajstić information content (AvgIpc) is 1.57. The molecule has 7 heterocycles. The van der Waals surface area contributed by atoms with Gasteiger partial charge in [0.2, 0.25) is 17.2 Å². The second kappa shape index (κ2) is 52.1. The standard InChI is InChI=1S/C18H29NO4.C11H20N4.C10H16O2.2C10H16O.C10H18O.C9H13FO.C9H20.C7H15NO.C7H16O/c1-17(2,3)7-8-18(14-22-15-18)23-16(20)6-4-5-9-19-10-12-21-13-11-19;1-9-12-13-10-7-14(5-6-15(9)10)8-11(2,3)4;1-9(2,3)5-6-10(11-4)7-12-8-10;1-9(2,3)5-6-10(4)7-11-8-10;1-9(2,3)7-8-10(11)5-4-6-10;1-9(2,3)6-7-10(4,5)8-11;1-8(2,3)4-5-9(10)6-11-7-9;1-8(2)6-7-9(3,4)5;1-7(2,3)5-4-6(8)9;1-7(2,3)5-4-6-8/h4-6,9-15H2,1-3H3;5-8H2,1-4H3;7-8H2,1-4H3;7-8H2,1-4H3;11H,4-6H2,1-3H3;11H,8H2,1-5H3;6-7H2,1-3H3;8H,6-7H2,1-5H3;4-5H2,1-3H3,(H2,8,9);8H,4-6H2,1-3H3. The van der Waals surface area contributed by atoms with Crippen molar-refractivity contribution in [3.05, 3.63) is 11.6 Å². The third-order valence-corrected chi connectivity index (χ3v) is 17.9. The van der Waals surface area contributed by atoms with Crippen LogP contribution >= 0.6 is 0 Å². The number of aliphatic hydroxyl groups is 3. The number of ether oxygens (including phenoxy) is 7. The molecule has 0 spiro atoms. The Balaban J connectivity index is 0. The number of nitrogens with two attached hydrogens (primary N) is 1. The molecule has 0 bridgehead atoms. The number of esters is 1. The highest BCUT2D eigenvalue weighted by Crippen LogP contribution is 2.33. The Morgan fingerprint density at radius 2 is 0.950 bits per heavy atom. The number of hydrogen-bond acceptors (Lipinski definition) is 16. The fourth-order valence-corrected chi connectivity index (χ4v) is 10.1. The fraction of sp³-hybridized carbons (Fsp3) is 0.842. The topological polar surface area (TPSA) is 223 Å². The average molecular weight is 1690 g/mol. The maximum Gasteiger partial charge on any atom is 0.307 e. The number of rotatable bonds is 15. The first-order valence-electron chi connectivity index (χ1n) is 44.4. The number of primary amides is 1. The van der Waals surface area contributed by atoms with Crippen molar-refractivity contribution >= 4 is 11.9 Å². The second-order valence-corrected chi connectivity index (χ2v) is 46.0. The first kappa shape index (κ1) is 117. The molecule has 692 valence electrons. The molecule has 1 amide bonds. The highest BCUT2D eigenvalue weighted by molar-refractivity contribution is 5.73. The highest BCUT2D eigenvalue weighted by atomic mass is 19.1. The van der Waals surface area contributed by atoms with Gasteiger partial charge < -0.3 is 58.8 Å². The van der Waals surface area contributed by atoms with Gasteiger partial charge in [0.1, 0.15) is 30.5 Å². The lowest BCUT2D eigenvalue weighted by atomic mass is 9.80. The van der Waals surface area contributed by atoms with E-state index in [1.807, 2.05) is 62.3 Å². The van der Waals surface area contributed by atoms with Gasteiger partial charge in [-0.05, 0) is 250 Å². The van der Waals surface area contributed by atoms with Crippen molar-refractivity contribution in [2.24, 2.45) is 76.6 Å². The van der Waals surface area contributed by atoms with Crippen molar-refractivity contribution in [3.63, 3.8) is 0 Å². The first-order valence-corrected chi connectivity index (χ1v) is 44.4. The molecule has 0 atom stereocenters. The summed E-state index contributed by atoms with van der Waals surface area (Å²) in [5, 5.41) is 35.2. The summed E-state index contributed by atoms with van der Waals surface area (Å²) in [6.07, 6.45) is 11.3. The summed E-state index contributed by atoms with van der Waals surface area (Å²) in [6, 6.07) is 0. The Bertz CT molecular complexity index is 3300. The normalized spacial score (nSPS) is 17.9. The second-order valence-electron chi connectivity index (χ2n) is 46.0. The molecular formula is C101H179FN6O12. The van der Waals surface area contributed by atoms with Crippen LogP contribution in [0.4, 0.5) is 4.39 Å². The van der Waals surface area contributed by atoms with E-state index in [0.717, 1.165) is 141 Å². The molecule has 18 nitrogen and oxygen atoms in total. The van der Waals surface area contributed by atoms with Crippen LogP contribution in [0.1, 0.15) is 331 Å². The van der Waals surface area contributed by atoms with E-state index in [1.165, 1.54) is 12.8 Å². The maximum atomic E-state index is 13.1. The quantitative estimate of drug-likeness (QED) is 0.0728. The minimum atomic E-state index is -1.35. The molecular weight excluding hydrogens is 1510 g/mol. The summed E-state index contributed by atoms with van der Waals surface area (Å²) < 4.78 is 51.6. The van der Waals surface area contributed by atoms with Crippen LogP contribution in [0, 0.1) is 149 Å². The van der Waals surface area contributed by atoms with Gasteiger partial charge in [-0.2, -0.15) is 0 Å². The van der Waals surface area contributed by atoms with Gasteiger partial charge in [-0.1, -0.05) is 168 Å². The van der Waals surface area contributed by atoms with Gasteiger partial charge in [-0.3, -0.25) is 19.4 Å². The molecule has 1 saturated carbocycles. The number of amides is 1. The monoisotopic (exact) mass is 1690 g/mol. The molecule has 0 radical (unpaired) electrons. The fourth-order valence-electron chi connectivity index (χ4n) is 10.1. The molecule has 19 heteroatoms. The van der Waals surface area contributed by atoms with Crippen LogP contribution in [0.2, 0.25) is 0 Å². The summed E-state index contributed by atoms with van der Waals surface area (Å²) in [7, 11) is 1.68. The van der Waals surface area contributed by atoms with Gasteiger partial charge in [0.15, 0.2) is 5.60 Å². The molecule has 1 aromatic rings. The summed E-state index contributed by atoms with van der Waals surface area (Å²) in [6.45, 7) is 89.3. The lowest BCUT2D eigenvalue weighted by Gasteiger charge is -2.36. The van der Waals surface area contributed by atoms with Crippen molar-refractivity contribution in [3.8, 4) is 71.0 Å². The summed E-state index contributed by atoms with van der Waals surface area (Å²) >= 11 is 0. The highest BCUT2D eigenvalue weighted by Gasteiger charge is 2.42. The molecule has 6 aliphatic heterocycles. The predicted molar refractivity (Wildman–Crippen MR) is 495 cm³/mol. The number of carbonyl (C=O) groups excluding carboxylic acids is 2.